The van der Waals surface area contributed by atoms with E-state index in [4.69, 9.17) is 0 Å². The van der Waals surface area contributed by atoms with Crippen LogP contribution >= 0.6 is 15.9 Å². The molecule has 1 heterocycles. The predicted octanol–water partition coefficient (Wildman–Crippen LogP) is 4.45. The number of pyridine rings is 1. The quantitative estimate of drug-likeness (QED) is 0.772. The van der Waals surface area contributed by atoms with Crippen molar-refractivity contribution >= 4 is 15.9 Å². The lowest BCUT2D eigenvalue weighted by Gasteiger charge is -2.22. The first kappa shape index (κ1) is 11.1. The molecule has 15 heavy (non-hydrogen) atoms. The fourth-order valence-corrected chi connectivity index (χ4v) is 3.05. The molecule has 0 atom stereocenters. The zero-order valence-corrected chi connectivity index (χ0v) is 10.9. The highest BCUT2D eigenvalue weighted by Crippen LogP contribution is 2.33. The smallest absolute Gasteiger partial charge is 0.0542 e. The Kier molecular flexibility index (Phi) is 3.79. The summed E-state index contributed by atoms with van der Waals surface area (Å²) in [4.78, 5) is 4.53. The van der Waals surface area contributed by atoms with Gasteiger partial charge in [0.15, 0.2) is 0 Å². The number of rotatable bonds is 2. The third-order valence-electron chi connectivity index (χ3n) is 3.35. The summed E-state index contributed by atoms with van der Waals surface area (Å²) in [5.41, 5.74) is 2.60. The maximum atomic E-state index is 4.53. The molecule has 0 saturated heterocycles. The van der Waals surface area contributed by atoms with Crippen LogP contribution in [-0.2, 0) is 6.42 Å². The molecular weight excluding hydrogens is 250 g/mol. The molecule has 1 saturated carbocycles. The van der Waals surface area contributed by atoms with E-state index in [0.717, 1.165) is 12.3 Å². The molecular formula is C13H18BrN. The Balaban J connectivity index is 2.17. The van der Waals surface area contributed by atoms with Crippen molar-refractivity contribution in [2.45, 2.75) is 51.4 Å². The second kappa shape index (κ2) is 5.11. The van der Waals surface area contributed by atoms with Crippen LogP contribution in [0.2, 0.25) is 0 Å². The van der Waals surface area contributed by atoms with E-state index in [0.29, 0.717) is 0 Å². The fourth-order valence-electron chi connectivity index (χ4n) is 2.40. The van der Waals surface area contributed by atoms with Crippen molar-refractivity contribution in [3.05, 3.63) is 28.0 Å². The van der Waals surface area contributed by atoms with E-state index in [1.54, 1.807) is 0 Å². The van der Waals surface area contributed by atoms with Crippen molar-refractivity contribution in [1.29, 1.82) is 0 Å². The minimum atomic E-state index is 0.758. The zero-order valence-electron chi connectivity index (χ0n) is 9.30. The van der Waals surface area contributed by atoms with Gasteiger partial charge < -0.3 is 0 Å². The van der Waals surface area contributed by atoms with Crippen molar-refractivity contribution in [1.82, 2.24) is 4.98 Å². The molecule has 2 heteroatoms. The first-order valence-corrected chi connectivity index (χ1v) is 6.75. The summed E-state index contributed by atoms with van der Waals surface area (Å²) in [5, 5.41) is 0. The first-order valence-electron chi connectivity index (χ1n) is 5.95. The van der Waals surface area contributed by atoms with Gasteiger partial charge in [-0.05, 0) is 52.7 Å². The number of nitrogens with zero attached hydrogens (tertiary/aromatic N) is 1. The molecule has 0 amide bonds. The molecule has 82 valence electrons. The summed E-state index contributed by atoms with van der Waals surface area (Å²) in [5.74, 6) is 0.758. The molecule has 0 radical (unpaired) electrons. The van der Waals surface area contributed by atoms with Gasteiger partial charge in [-0.2, -0.15) is 0 Å². The van der Waals surface area contributed by atoms with E-state index >= 15 is 0 Å². The van der Waals surface area contributed by atoms with Gasteiger partial charge in [-0.1, -0.05) is 26.2 Å². The monoisotopic (exact) mass is 267 g/mol. The molecule has 2 rings (SSSR count). The molecule has 0 N–H and O–H groups in total. The molecule has 0 bridgehead atoms. The standard InChI is InChI=1S/C13H18BrN/c1-2-13-12(14)8-11(9-15-13)10-6-4-3-5-7-10/h8-10H,2-7H2,1H3. The Hall–Kier alpha value is -0.370. The van der Waals surface area contributed by atoms with Gasteiger partial charge in [-0.25, -0.2) is 0 Å². The van der Waals surface area contributed by atoms with Gasteiger partial charge in [0.25, 0.3) is 0 Å². The van der Waals surface area contributed by atoms with Crippen LogP contribution in [0.4, 0.5) is 0 Å². The predicted molar refractivity (Wildman–Crippen MR) is 67.1 cm³/mol. The van der Waals surface area contributed by atoms with E-state index in [9.17, 15) is 0 Å². The first-order chi connectivity index (χ1) is 7.31. The molecule has 1 aromatic heterocycles. The van der Waals surface area contributed by atoms with E-state index in [2.05, 4.69) is 40.1 Å². The van der Waals surface area contributed by atoms with Gasteiger partial charge in [0, 0.05) is 10.7 Å². The molecule has 0 aromatic carbocycles. The van der Waals surface area contributed by atoms with Crippen LogP contribution in [-0.4, -0.2) is 4.98 Å². The Morgan fingerprint density at radius 3 is 2.67 bits per heavy atom. The van der Waals surface area contributed by atoms with Gasteiger partial charge in [0.2, 0.25) is 0 Å². The van der Waals surface area contributed by atoms with Crippen molar-refractivity contribution < 1.29 is 0 Å². The second-order valence-electron chi connectivity index (χ2n) is 4.39. The molecule has 0 unspecified atom stereocenters. The van der Waals surface area contributed by atoms with E-state index in [-0.39, 0.29) is 0 Å². The van der Waals surface area contributed by atoms with Crippen LogP contribution in [0.5, 0.6) is 0 Å². The van der Waals surface area contributed by atoms with Gasteiger partial charge in [-0.3, -0.25) is 4.98 Å². The molecule has 0 aliphatic heterocycles. The van der Waals surface area contributed by atoms with Gasteiger partial charge in [0.1, 0.15) is 0 Å². The van der Waals surface area contributed by atoms with Crippen LogP contribution in [0.25, 0.3) is 0 Å². The minimum Gasteiger partial charge on any atom is -0.260 e. The van der Waals surface area contributed by atoms with Crippen molar-refractivity contribution in [3.63, 3.8) is 0 Å². The second-order valence-corrected chi connectivity index (χ2v) is 5.24. The number of hydrogen-bond donors (Lipinski definition) is 0. The van der Waals surface area contributed by atoms with Crippen LogP contribution in [0.1, 0.15) is 56.2 Å². The molecule has 1 aliphatic carbocycles. The highest BCUT2D eigenvalue weighted by molar-refractivity contribution is 9.10. The molecule has 0 spiro atoms. The minimum absolute atomic E-state index is 0.758. The topological polar surface area (TPSA) is 12.9 Å². The van der Waals surface area contributed by atoms with Crippen LogP contribution in [0.3, 0.4) is 0 Å². The summed E-state index contributed by atoms with van der Waals surface area (Å²) in [7, 11) is 0. The number of aryl methyl sites for hydroxylation is 1. The maximum absolute atomic E-state index is 4.53. The zero-order chi connectivity index (χ0) is 10.7. The Morgan fingerprint density at radius 2 is 2.07 bits per heavy atom. The number of hydrogen-bond acceptors (Lipinski definition) is 1. The third-order valence-corrected chi connectivity index (χ3v) is 4.04. The van der Waals surface area contributed by atoms with Crippen molar-refractivity contribution in [3.8, 4) is 0 Å². The average molecular weight is 268 g/mol. The third kappa shape index (κ3) is 2.60. The summed E-state index contributed by atoms with van der Waals surface area (Å²) in [6.07, 6.45) is 9.97. The average Bonchev–Trinajstić information content (AvgIpc) is 2.30. The number of halogens is 1. The van der Waals surface area contributed by atoms with Gasteiger partial charge in [0.05, 0.1) is 5.69 Å². The fraction of sp³-hybridized carbons (Fsp3) is 0.615. The Bertz CT molecular complexity index is 329. The molecule has 1 nitrogen and oxygen atoms in total. The van der Waals surface area contributed by atoms with E-state index < -0.39 is 0 Å². The Labute approximate surface area is 100 Å². The lowest BCUT2D eigenvalue weighted by atomic mass is 9.85. The maximum Gasteiger partial charge on any atom is 0.0542 e. The highest BCUT2D eigenvalue weighted by atomic mass is 79.9. The normalized spacial score (nSPS) is 18.0. The van der Waals surface area contributed by atoms with Gasteiger partial charge in [-0.15, -0.1) is 0 Å². The molecule has 1 fully saturated rings. The van der Waals surface area contributed by atoms with E-state index in [1.165, 1.54) is 47.8 Å². The van der Waals surface area contributed by atoms with Crippen molar-refractivity contribution in [2.24, 2.45) is 0 Å². The van der Waals surface area contributed by atoms with Crippen LogP contribution in [0, 0.1) is 0 Å². The lowest BCUT2D eigenvalue weighted by molar-refractivity contribution is 0.442. The largest absolute Gasteiger partial charge is 0.260 e. The summed E-state index contributed by atoms with van der Waals surface area (Å²) in [6.45, 7) is 2.15. The SMILES string of the molecule is CCc1ncc(C2CCCCC2)cc1Br. The molecule has 1 aromatic rings. The summed E-state index contributed by atoms with van der Waals surface area (Å²) >= 11 is 3.61. The summed E-state index contributed by atoms with van der Waals surface area (Å²) in [6, 6.07) is 2.28. The Morgan fingerprint density at radius 1 is 1.33 bits per heavy atom. The van der Waals surface area contributed by atoms with Gasteiger partial charge >= 0.3 is 0 Å². The number of aromatic nitrogens is 1. The van der Waals surface area contributed by atoms with Crippen LogP contribution in [0.15, 0.2) is 16.7 Å². The van der Waals surface area contributed by atoms with Crippen molar-refractivity contribution in [2.75, 3.05) is 0 Å². The molecule has 1 aliphatic rings. The highest BCUT2D eigenvalue weighted by Gasteiger charge is 2.16. The summed E-state index contributed by atoms with van der Waals surface area (Å²) < 4.78 is 1.19. The van der Waals surface area contributed by atoms with Crippen LogP contribution < -0.4 is 0 Å². The lowest BCUT2D eigenvalue weighted by Crippen LogP contribution is -2.05. The van der Waals surface area contributed by atoms with E-state index in [1.807, 2.05) is 0 Å².